The highest BCUT2D eigenvalue weighted by Crippen LogP contribution is 2.33. The molecule has 42 heavy (non-hydrogen) atoms. The molecule has 3 rings (SSSR count). The van der Waals surface area contributed by atoms with Gasteiger partial charge in [-0.3, -0.25) is 5.32 Å². The number of hydrogen-bond acceptors (Lipinski definition) is 9. The van der Waals surface area contributed by atoms with E-state index < -0.39 is 28.4 Å². The maximum atomic E-state index is 13.2. The molecule has 0 unspecified atom stereocenters. The molecule has 0 saturated carbocycles. The van der Waals surface area contributed by atoms with Crippen LogP contribution in [0.15, 0.2) is 90.6 Å². The largest absolute Gasteiger partial charge is 0.458 e. The molecule has 12 heteroatoms. The Bertz CT molecular complexity index is 1370. The summed E-state index contributed by atoms with van der Waals surface area (Å²) >= 11 is 0. The summed E-state index contributed by atoms with van der Waals surface area (Å²) in [6, 6.07) is 13.4. The summed E-state index contributed by atoms with van der Waals surface area (Å²) in [5.41, 5.74) is 2.15. The van der Waals surface area contributed by atoms with Crippen LogP contribution >= 0.6 is 0 Å². The number of carbonyl (C=O) groups excluding carboxylic acids is 2. The van der Waals surface area contributed by atoms with E-state index in [1.807, 2.05) is 13.0 Å². The number of carbonyl (C=O) groups is 2. The van der Waals surface area contributed by atoms with Gasteiger partial charge in [0.05, 0.1) is 18.1 Å². The molecular weight excluding hydrogens is 564 g/mol. The van der Waals surface area contributed by atoms with E-state index in [0.717, 1.165) is 15.4 Å². The number of rotatable bonds is 15. The van der Waals surface area contributed by atoms with E-state index >= 15 is 0 Å². The quantitative estimate of drug-likeness (QED) is 0.230. The Morgan fingerprint density at radius 2 is 1.81 bits per heavy atom. The third kappa shape index (κ3) is 9.28. The van der Waals surface area contributed by atoms with Crippen LogP contribution in [0.25, 0.3) is 0 Å². The summed E-state index contributed by atoms with van der Waals surface area (Å²) in [5.74, 6) is -1.15. The summed E-state index contributed by atoms with van der Waals surface area (Å²) in [4.78, 5) is 24.7. The van der Waals surface area contributed by atoms with Crippen LogP contribution in [0.1, 0.15) is 23.5 Å². The third-order valence-corrected chi connectivity index (χ3v) is 8.05. The van der Waals surface area contributed by atoms with Gasteiger partial charge in [0.25, 0.3) is 0 Å². The number of amides is 1. The van der Waals surface area contributed by atoms with Crippen LogP contribution in [0.3, 0.4) is 0 Å². The first-order valence-corrected chi connectivity index (χ1v) is 14.7. The predicted molar refractivity (Wildman–Crippen MR) is 156 cm³/mol. The number of ether oxygens (including phenoxy) is 4. The Morgan fingerprint density at radius 1 is 1.10 bits per heavy atom. The molecule has 1 heterocycles. The smallest absolute Gasteiger partial charge is 0.411 e. The molecule has 2 N–H and O–H groups in total. The van der Waals surface area contributed by atoms with Crippen LogP contribution in [-0.4, -0.2) is 75.7 Å². The molecule has 2 aromatic rings. The maximum absolute atomic E-state index is 13.2. The summed E-state index contributed by atoms with van der Waals surface area (Å²) in [5, 5.41) is 12.2. The lowest BCUT2D eigenvalue weighted by Crippen LogP contribution is -2.37. The van der Waals surface area contributed by atoms with Gasteiger partial charge in [0.1, 0.15) is 13.2 Å². The van der Waals surface area contributed by atoms with Crippen molar-refractivity contribution in [2.45, 2.75) is 30.4 Å². The zero-order chi connectivity index (χ0) is 30.5. The number of nitrogens with zero attached hydrogens (tertiary/aromatic N) is 1. The number of esters is 1. The van der Waals surface area contributed by atoms with Gasteiger partial charge in [-0.05, 0) is 42.8 Å². The van der Waals surface area contributed by atoms with Gasteiger partial charge in [-0.2, -0.15) is 4.31 Å². The van der Waals surface area contributed by atoms with E-state index in [1.165, 1.54) is 24.3 Å². The van der Waals surface area contributed by atoms with Crippen LogP contribution in [-0.2, 0) is 33.8 Å². The summed E-state index contributed by atoms with van der Waals surface area (Å²) < 4.78 is 49.3. The van der Waals surface area contributed by atoms with Crippen molar-refractivity contribution in [1.82, 2.24) is 4.31 Å². The van der Waals surface area contributed by atoms with Crippen LogP contribution in [0.2, 0.25) is 0 Å². The molecule has 1 amide bonds. The van der Waals surface area contributed by atoms with Gasteiger partial charge < -0.3 is 24.1 Å². The van der Waals surface area contributed by atoms with E-state index in [1.54, 1.807) is 36.4 Å². The molecule has 0 spiro atoms. The molecule has 1 aliphatic heterocycles. The zero-order valence-corrected chi connectivity index (χ0v) is 24.3. The van der Waals surface area contributed by atoms with E-state index in [0.29, 0.717) is 5.69 Å². The molecule has 1 aliphatic rings. The number of benzene rings is 2. The highest BCUT2D eigenvalue weighted by molar-refractivity contribution is 7.89. The number of aryl methyl sites for hydroxylation is 1. The molecule has 0 bridgehead atoms. The normalized spacial score (nSPS) is 16.6. The molecule has 2 aromatic carbocycles. The van der Waals surface area contributed by atoms with E-state index in [4.69, 9.17) is 18.9 Å². The first kappa shape index (κ1) is 32.5. The molecule has 0 fully saturated rings. The van der Waals surface area contributed by atoms with Gasteiger partial charge in [-0.1, -0.05) is 55.1 Å². The molecule has 0 aromatic heterocycles. The lowest BCUT2D eigenvalue weighted by atomic mass is 9.92. The fourth-order valence-electron chi connectivity index (χ4n) is 4.09. The van der Waals surface area contributed by atoms with Crippen LogP contribution in [0.4, 0.5) is 10.5 Å². The average Bonchev–Trinajstić information content (AvgIpc) is 2.98. The standard InChI is InChI=1S/C30H36N2O9S/c1-4-16-39-29(34)27-20-24(23-7-6-8-25(19-23)31-30(35)40-17-5-2)21-28(41-27)38-18-14-32(13-15-33)42(36,37)26-11-9-22(3)10-12-26/h4-12,19-20,24,28,33H,1-2,13-18,21H2,3H3,(H,31,35)/t24-,28+/m1/s1. The lowest BCUT2D eigenvalue weighted by Gasteiger charge is -2.30. The second kappa shape index (κ2) is 15.9. The summed E-state index contributed by atoms with van der Waals surface area (Å²) in [7, 11) is -3.88. The van der Waals surface area contributed by atoms with Crippen molar-refractivity contribution in [1.29, 1.82) is 0 Å². The number of anilines is 1. The minimum absolute atomic E-state index is 0.0189. The van der Waals surface area contributed by atoms with Crippen molar-refractivity contribution in [3.8, 4) is 0 Å². The molecule has 226 valence electrons. The average molecular weight is 601 g/mol. The van der Waals surface area contributed by atoms with Crippen LogP contribution < -0.4 is 5.32 Å². The van der Waals surface area contributed by atoms with Gasteiger partial charge in [0.2, 0.25) is 22.1 Å². The van der Waals surface area contributed by atoms with Gasteiger partial charge in [0, 0.05) is 31.1 Å². The summed E-state index contributed by atoms with van der Waals surface area (Å²) in [6.45, 7) is 8.31. The second-order valence-electron chi connectivity index (χ2n) is 9.26. The molecule has 0 saturated heterocycles. The third-order valence-electron chi connectivity index (χ3n) is 6.14. The Kier molecular flexibility index (Phi) is 12.3. The first-order chi connectivity index (χ1) is 20.2. The number of aliphatic hydroxyl groups is 1. The van der Waals surface area contributed by atoms with Crippen LogP contribution in [0, 0.1) is 6.92 Å². The highest BCUT2D eigenvalue weighted by atomic mass is 32.2. The van der Waals surface area contributed by atoms with Crippen molar-refractivity contribution < 1.29 is 42.1 Å². The number of aliphatic hydroxyl groups excluding tert-OH is 1. The van der Waals surface area contributed by atoms with Crippen molar-refractivity contribution in [3.63, 3.8) is 0 Å². The van der Waals surface area contributed by atoms with E-state index in [9.17, 15) is 23.1 Å². The van der Waals surface area contributed by atoms with Crippen molar-refractivity contribution in [2.24, 2.45) is 0 Å². The van der Waals surface area contributed by atoms with Crippen LogP contribution in [0.5, 0.6) is 0 Å². The number of sulfonamides is 1. The van der Waals surface area contributed by atoms with Gasteiger partial charge in [-0.15, -0.1) is 0 Å². The van der Waals surface area contributed by atoms with Crippen molar-refractivity contribution >= 4 is 27.8 Å². The fourth-order valence-corrected chi connectivity index (χ4v) is 5.50. The van der Waals surface area contributed by atoms with E-state index in [-0.39, 0.29) is 62.5 Å². The van der Waals surface area contributed by atoms with Gasteiger partial charge in [-0.25, -0.2) is 18.0 Å². The predicted octanol–water partition coefficient (Wildman–Crippen LogP) is 3.87. The SMILES string of the molecule is C=CCOC(=O)Nc1cccc([C@@H]2C=C(C(=O)OCC=C)O[C@H](OCCN(CCO)S(=O)(=O)c3ccc(C)cc3)C2)c1. The van der Waals surface area contributed by atoms with E-state index in [2.05, 4.69) is 18.5 Å². The van der Waals surface area contributed by atoms with Crippen molar-refractivity contribution in [3.05, 3.63) is 96.8 Å². The Balaban J connectivity index is 1.75. The highest BCUT2D eigenvalue weighted by Gasteiger charge is 2.31. The summed E-state index contributed by atoms with van der Waals surface area (Å²) in [6.07, 6.45) is 3.22. The zero-order valence-electron chi connectivity index (χ0n) is 23.4. The lowest BCUT2D eigenvalue weighted by molar-refractivity contribution is -0.160. The molecule has 2 atom stereocenters. The molecular formula is C30H36N2O9S. The van der Waals surface area contributed by atoms with Gasteiger partial charge >= 0.3 is 12.1 Å². The van der Waals surface area contributed by atoms with Gasteiger partial charge in [0.15, 0.2) is 0 Å². The Morgan fingerprint density at radius 3 is 2.50 bits per heavy atom. The molecule has 0 radical (unpaired) electrons. The molecule has 0 aliphatic carbocycles. The maximum Gasteiger partial charge on any atom is 0.411 e. The minimum atomic E-state index is -3.88. The number of nitrogens with one attached hydrogen (secondary N) is 1. The first-order valence-electron chi connectivity index (χ1n) is 13.3. The monoisotopic (exact) mass is 600 g/mol. The fraction of sp³-hybridized carbons (Fsp3) is 0.333. The topological polar surface area (TPSA) is 141 Å². The Labute approximate surface area is 246 Å². The number of hydrogen-bond donors (Lipinski definition) is 2. The minimum Gasteiger partial charge on any atom is -0.458 e. The number of allylic oxidation sites excluding steroid dienone is 1. The Hall–Kier alpha value is -3.97. The van der Waals surface area contributed by atoms with Crippen molar-refractivity contribution in [2.75, 3.05) is 44.8 Å². The second-order valence-corrected chi connectivity index (χ2v) is 11.2. The molecule has 11 nitrogen and oxygen atoms in total.